The zero-order valence-corrected chi connectivity index (χ0v) is 17.8. The van der Waals surface area contributed by atoms with Gasteiger partial charge in [0.2, 0.25) is 5.89 Å². The number of imide groups is 1. The minimum atomic E-state index is -1.20. The van der Waals surface area contributed by atoms with E-state index in [0.717, 1.165) is 21.6 Å². The lowest BCUT2D eigenvalue weighted by molar-refractivity contribution is -0.132. The third-order valence-corrected chi connectivity index (χ3v) is 5.76. The molecule has 1 N–H and O–H groups in total. The molecule has 4 aromatic rings. The predicted molar refractivity (Wildman–Crippen MR) is 121 cm³/mol. The number of amides is 3. The third kappa shape index (κ3) is 4.13. The van der Waals surface area contributed by atoms with E-state index in [2.05, 4.69) is 15.5 Å². The Kier molecular flexibility index (Phi) is 5.44. The molecule has 164 valence electrons. The van der Waals surface area contributed by atoms with Crippen molar-refractivity contribution in [3.63, 3.8) is 0 Å². The van der Waals surface area contributed by atoms with Gasteiger partial charge >= 0.3 is 6.03 Å². The van der Waals surface area contributed by atoms with Crippen molar-refractivity contribution >= 4 is 11.9 Å². The molecule has 1 aliphatic rings. The molecule has 7 nitrogen and oxygen atoms in total. The van der Waals surface area contributed by atoms with Gasteiger partial charge in [0.25, 0.3) is 5.91 Å². The lowest BCUT2D eigenvalue weighted by atomic mass is 9.83. The van der Waals surface area contributed by atoms with Crippen LogP contribution in [0.5, 0.6) is 0 Å². The number of aromatic nitrogens is 2. The highest BCUT2D eigenvalue weighted by Crippen LogP contribution is 2.33. The second kappa shape index (κ2) is 8.70. The number of hydrogen-bond donors (Lipinski definition) is 1. The van der Waals surface area contributed by atoms with Crippen LogP contribution in [0.15, 0.2) is 95.5 Å². The summed E-state index contributed by atoms with van der Waals surface area (Å²) in [4.78, 5) is 32.2. The molecule has 0 aliphatic carbocycles. The molecule has 1 atom stereocenters. The second-order valence-electron chi connectivity index (χ2n) is 8.02. The van der Waals surface area contributed by atoms with Crippen LogP contribution in [-0.2, 0) is 29.7 Å². The Morgan fingerprint density at radius 2 is 1.42 bits per heavy atom. The first-order valence-electron chi connectivity index (χ1n) is 10.7. The molecular weight excluding hydrogens is 416 g/mol. The molecule has 0 bridgehead atoms. The predicted octanol–water partition coefficient (Wildman–Crippen LogP) is 3.85. The molecule has 1 fully saturated rings. The molecule has 0 spiro atoms. The molecule has 3 aromatic carbocycles. The van der Waals surface area contributed by atoms with Crippen molar-refractivity contribution in [2.24, 2.45) is 0 Å². The number of carbonyl (C=O) groups is 2. The van der Waals surface area contributed by atoms with Crippen LogP contribution in [0.25, 0.3) is 0 Å². The molecule has 0 radical (unpaired) electrons. The van der Waals surface area contributed by atoms with Gasteiger partial charge in [-0.3, -0.25) is 9.69 Å². The number of nitrogens with zero attached hydrogens (tertiary/aromatic N) is 3. The highest BCUT2D eigenvalue weighted by Gasteiger charge is 2.52. The number of nitrogens with one attached hydrogen (secondary N) is 1. The summed E-state index contributed by atoms with van der Waals surface area (Å²) in [5.41, 5.74) is 1.52. The standard InChI is InChI=1S/C26H22N4O3/c31-24-26(21-14-8-3-9-15-21,17-20-12-6-2-7-13-20)28-25(32)30(24)18-23-27-22(29-33-23)16-19-10-4-1-5-11-19/h1-15H,16-18H2,(H,28,32). The van der Waals surface area contributed by atoms with Gasteiger partial charge in [-0.25, -0.2) is 4.79 Å². The molecule has 0 saturated carbocycles. The Balaban J connectivity index is 1.41. The normalized spacial score (nSPS) is 17.9. The van der Waals surface area contributed by atoms with E-state index in [1.165, 1.54) is 0 Å². The first-order valence-corrected chi connectivity index (χ1v) is 10.7. The van der Waals surface area contributed by atoms with Crippen LogP contribution < -0.4 is 5.32 Å². The van der Waals surface area contributed by atoms with Crippen LogP contribution in [-0.4, -0.2) is 27.0 Å². The van der Waals surface area contributed by atoms with Gasteiger partial charge < -0.3 is 9.84 Å². The van der Waals surface area contributed by atoms with Crippen LogP contribution in [0.1, 0.15) is 28.4 Å². The highest BCUT2D eigenvalue weighted by atomic mass is 16.5. The average molecular weight is 438 g/mol. The number of rotatable bonds is 7. The monoisotopic (exact) mass is 438 g/mol. The molecule has 1 unspecified atom stereocenters. The van der Waals surface area contributed by atoms with Gasteiger partial charge in [-0.05, 0) is 16.7 Å². The molecule has 1 aromatic heterocycles. The van der Waals surface area contributed by atoms with Crippen LogP contribution in [0.4, 0.5) is 4.79 Å². The SMILES string of the molecule is O=C1NC(Cc2ccccc2)(c2ccccc2)C(=O)N1Cc1nc(Cc2ccccc2)no1. The van der Waals surface area contributed by atoms with Crippen LogP contribution in [0.2, 0.25) is 0 Å². The third-order valence-electron chi connectivity index (χ3n) is 5.76. The van der Waals surface area contributed by atoms with Gasteiger partial charge in [0, 0.05) is 12.8 Å². The molecule has 33 heavy (non-hydrogen) atoms. The first-order chi connectivity index (χ1) is 16.1. The summed E-state index contributed by atoms with van der Waals surface area (Å²) in [5.74, 6) is 0.375. The van der Waals surface area contributed by atoms with E-state index in [0.29, 0.717) is 18.7 Å². The highest BCUT2D eigenvalue weighted by molar-refractivity contribution is 6.07. The van der Waals surface area contributed by atoms with Crippen molar-refractivity contribution < 1.29 is 14.1 Å². The molecule has 3 amide bonds. The number of urea groups is 1. The Hall–Kier alpha value is -4.26. The van der Waals surface area contributed by atoms with Gasteiger partial charge in [0.15, 0.2) is 11.4 Å². The fourth-order valence-corrected chi connectivity index (χ4v) is 4.15. The summed E-state index contributed by atoms with van der Waals surface area (Å²) in [6, 6.07) is 28.3. The summed E-state index contributed by atoms with van der Waals surface area (Å²) >= 11 is 0. The van der Waals surface area contributed by atoms with Crippen molar-refractivity contribution in [2.45, 2.75) is 24.9 Å². The zero-order chi connectivity index (χ0) is 22.7. The van der Waals surface area contributed by atoms with Gasteiger partial charge in [-0.1, -0.05) is 96.2 Å². The second-order valence-corrected chi connectivity index (χ2v) is 8.02. The Bertz CT molecular complexity index is 1260. The van der Waals surface area contributed by atoms with Crippen molar-refractivity contribution in [3.8, 4) is 0 Å². The fourth-order valence-electron chi connectivity index (χ4n) is 4.15. The number of hydrogen-bond acceptors (Lipinski definition) is 5. The maximum atomic E-state index is 13.7. The van der Waals surface area contributed by atoms with Crippen LogP contribution in [0, 0.1) is 0 Å². The van der Waals surface area contributed by atoms with Gasteiger partial charge in [-0.2, -0.15) is 4.98 Å². The van der Waals surface area contributed by atoms with Gasteiger partial charge in [-0.15, -0.1) is 0 Å². The molecule has 1 aliphatic heterocycles. The topological polar surface area (TPSA) is 88.3 Å². The summed E-state index contributed by atoms with van der Waals surface area (Å²) in [6.07, 6.45) is 0.842. The molecule has 2 heterocycles. The zero-order valence-electron chi connectivity index (χ0n) is 17.8. The average Bonchev–Trinajstić information content (AvgIpc) is 3.39. The minimum absolute atomic E-state index is 0.0875. The van der Waals surface area contributed by atoms with Crippen LogP contribution in [0.3, 0.4) is 0 Å². The van der Waals surface area contributed by atoms with E-state index in [9.17, 15) is 9.59 Å². The Labute approximate surface area is 191 Å². The first kappa shape index (κ1) is 20.6. The van der Waals surface area contributed by atoms with Gasteiger partial charge in [0.05, 0.1) is 0 Å². The lowest BCUT2D eigenvalue weighted by Crippen LogP contribution is -2.46. The van der Waals surface area contributed by atoms with Crippen molar-refractivity contribution in [2.75, 3.05) is 0 Å². The van der Waals surface area contributed by atoms with E-state index in [1.807, 2.05) is 91.0 Å². The van der Waals surface area contributed by atoms with Crippen molar-refractivity contribution in [1.29, 1.82) is 0 Å². The molecule has 1 saturated heterocycles. The van der Waals surface area contributed by atoms with E-state index in [-0.39, 0.29) is 18.3 Å². The summed E-state index contributed by atoms with van der Waals surface area (Å²) in [6.45, 7) is -0.0875. The number of benzene rings is 3. The smallest absolute Gasteiger partial charge is 0.325 e. The fraction of sp³-hybridized carbons (Fsp3) is 0.154. The van der Waals surface area contributed by atoms with Crippen molar-refractivity contribution in [1.82, 2.24) is 20.4 Å². The summed E-state index contributed by atoms with van der Waals surface area (Å²) in [5, 5.41) is 6.96. The summed E-state index contributed by atoms with van der Waals surface area (Å²) < 4.78 is 5.35. The number of carbonyl (C=O) groups excluding carboxylic acids is 2. The molecule has 5 rings (SSSR count). The minimum Gasteiger partial charge on any atom is -0.337 e. The van der Waals surface area contributed by atoms with Crippen molar-refractivity contribution in [3.05, 3.63) is 119 Å². The summed E-state index contributed by atoms with van der Waals surface area (Å²) in [7, 11) is 0. The Morgan fingerprint density at radius 1 is 0.818 bits per heavy atom. The van der Waals surface area contributed by atoms with E-state index < -0.39 is 11.6 Å². The lowest BCUT2D eigenvalue weighted by Gasteiger charge is -2.27. The Morgan fingerprint density at radius 3 is 2.09 bits per heavy atom. The van der Waals surface area contributed by atoms with Gasteiger partial charge in [0.1, 0.15) is 6.54 Å². The quantitative estimate of drug-likeness (QED) is 0.443. The van der Waals surface area contributed by atoms with Crippen LogP contribution >= 0.6 is 0 Å². The maximum absolute atomic E-state index is 13.7. The van der Waals surface area contributed by atoms with E-state index in [4.69, 9.17) is 4.52 Å². The van der Waals surface area contributed by atoms with E-state index >= 15 is 0 Å². The van der Waals surface area contributed by atoms with E-state index in [1.54, 1.807) is 0 Å². The maximum Gasteiger partial charge on any atom is 0.325 e. The molecule has 7 heteroatoms. The largest absolute Gasteiger partial charge is 0.337 e. The molecular formula is C26H22N4O3.